The van der Waals surface area contributed by atoms with Crippen LogP contribution in [0.1, 0.15) is 44.0 Å². The minimum atomic E-state index is -0.336. The zero-order chi connectivity index (χ0) is 14.8. The Hall–Kier alpha value is -1.62. The lowest BCUT2D eigenvalue weighted by molar-refractivity contribution is 0.0526. The van der Waals surface area contributed by atoms with Crippen molar-refractivity contribution in [1.82, 2.24) is 4.98 Å². The highest BCUT2D eigenvalue weighted by atomic mass is 16.5. The molecule has 1 N–H and O–H groups in total. The summed E-state index contributed by atoms with van der Waals surface area (Å²) < 4.78 is 10.4. The van der Waals surface area contributed by atoms with Gasteiger partial charge in [-0.15, -0.1) is 0 Å². The van der Waals surface area contributed by atoms with E-state index in [1.54, 1.807) is 19.1 Å². The number of rotatable bonds is 9. The van der Waals surface area contributed by atoms with E-state index in [0.717, 1.165) is 31.8 Å². The molecule has 0 saturated carbocycles. The number of aromatic nitrogens is 1. The van der Waals surface area contributed by atoms with Crippen LogP contribution < -0.4 is 5.32 Å². The molecule has 1 heterocycles. The second kappa shape index (κ2) is 9.31. The molecule has 20 heavy (non-hydrogen) atoms. The summed E-state index contributed by atoms with van der Waals surface area (Å²) in [6.07, 6.45) is 3.86. The highest BCUT2D eigenvalue weighted by molar-refractivity contribution is 5.89. The van der Waals surface area contributed by atoms with Crippen molar-refractivity contribution < 1.29 is 14.3 Å². The Labute approximate surface area is 120 Å². The summed E-state index contributed by atoms with van der Waals surface area (Å²) >= 11 is 0. The van der Waals surface area contributed by atoms with Crippen LogP contribution in [0.25, 0.3) is 0 Å². The zero-order valence-electron chi connectivity index (χ0n) is 12.5. The molecule has 1 aromatic rings. The second-order valence-corrected chi connectivity index (χ2v) is 4.71. The number of unbranched alkanes of at least 4 members (excludes halogenated alkanes) is 1. The molecule has 1 rings (SSSR count). The fourth-order valence-corrected chi connectivity index (χ4v) is 1.60. The fourth-order valence-electron chi connectivity index (χ4n) is 1.60. The first-order chi connectivity index (χ1) is 9.63. The molecule has 0 atom stereocenters. The molecule has 0 aliphatic carbocycles. The number of hydrogen-bond donors (Lipinski definition) is 1. The quantitative estimate of drug-likeness (QED) is 0.556. The van der Waals surface area contributed by atoms with E-state index >= 15 is 0 Å². The lowest BCUT2D eigenvalue weighted by atomic mass is 10.3. The maximum atomic E-state index is 11.4. The van der Waals surface area contributed by atoms with Gasteiger partial charge in [-0.25, -0.2) is 9.78 Å². The minimum Gasteiger partial charge on any atom is -0.462 e. The molecule has 0 fully saturated rings. The Morgan fingerprint density at radius 2 is 2.15 bits per heavy atom. The van der Waals surface area contributed by atoms with Gasteiger partial charge in [-0.3, -0.25) is 0 Å². The van der Waals surface area contributed by atoms with Crippen molar-refractivity contribution in [3.63, 3.8) is 0 Å². The van der Waals surface area contributed by atoms with Crippen LogP contribution >= 0.6 is 0 Å². The summed E-state index contributed by atoms with van der Waals surface area (Å²) in [5, 5.41) is 3.21. The van der Waals surface area contributed by atoms with E-state index < -0.39 is 0 Å². The van der Waals surface area contributed by atoms with Crippen molar-refractivity contribution in [3.05, 3.63) is 23.9 Å². The predicted molar refractivity (Wildman–Crippen MR) is 79.0 cm³/mol. The van der Waals surface area contributed by atoms with E-state index in [0.29, 0.717) is 18.3 Å². The Morgan fingerprint density at radius 1 is 1.35 bits per heavy atom. The Bertz CT molecular complexity index is 391. The van der Waals surface area contributed by atoms with Crippen LogP contribution in [0.5, 0.6) is 0 Å². The van der Waals surface area contributed by atoms with Crippen molar-refractivity contribution in [2.75, 3.05) is 25.1 Å². The third-order valence-corrected chi connectivity index (χ3v) is 2.60. The molecule has 1 aromatic heterocycles. The van der Waals surface area contributed by atoms with Crippen LogP contribution in [0, 0.1) is 0 Å². The number of pyridine rings is 1. The molecular formula is C15H24N2O3. The van der Waals surface area contributed by atoms with Gasteiger partial charge in [-0.05, 0) is 45.7 Å². The van der Waals surface area contributed by atoms with E-state index in [9.17, 15) is 4.79 Å². The van der Waals surface area contributed by atoms with Crippen molar-refractivity contribution in [2.24, 2.45) is 0 Å². The first-order valence-corrected chi connectivity index (χ1v) is 7.12. The van der Waals surface area contributed by atoms with Gasteiger partial charge in [0.25, 0.3) is 0 Å². The fraction of sp³-hybridized carbons (Fsp3) is 0.600. The molecule has 0 unspecified atom stereocenters. The Kier molecular flexibility index (Phi) is 7.65. The van der Waals surface area contributed by atoms with Gasteiger partial charge in [0.2, 0.25) is 0 Å². The molecule has 0 amide bonds. The van der Waals surface area contributed by atoms with Gasteiger partial charge >= 0.3 is 5.97 Å². The maximum absolute atomic E-state index is 11.4. The van der Waals surface area contributed by atoms with Crippen molar-refractivity contribution >= 4 is 11.8 Å². The van der Waals surface area contributed by atoms with Crippen LogP contribution in [0.2, 0.25) is 0 Å². The Morgan fingerprint density at radius 3 is 2.75 bits per heavy atom. The van der Waals surface area contributed by atoms with Crippen molar-refractivity contribution in [3.8, 4) is 0 Å². The molecular weight excluding hydrogens is 256 g/mol. The molecule has 5 nitrogen and oxygen atoms in total. The number of nitrogens with zero attached hydrogens (tertiary/aromatic N) is 1. The average Bonchev–Trinajstić information content (AvgIpc) is 2.43. The summed E-state index contributed by atoms with van der Waals surface area (Å²) in [6.45, 7) is 7.85. The normalized spacial score (nSPS) is 10.6. The van der Waals surface area contributed by atoms with Gasteiger partial charge in [0, 0.05) is 19.3 Å². The summed E-state index contributed by atoms with van der Waals surface area (Å²) in [4.78, 5) is 15.6. The SMILES string of the molecule is CCOC(=O)c1ccc(NCCCCOC(C)C)nc1. The number of ether oxygens (including phenoxy) is 2. The van der Waals surface area contributed by atoms with E-state index in [-0.39, 0.29) is 5.97 Å². The molecule has 112 valence electrons. The van der Waals surface area contributed by atoms with Crippen LogP contribution in [-0.2, 0) is 9.47 Å². The molecule has 5 heteroatoms. The number of carbonyl (C=O) groups excluding carboxylic acids is 1. The van der Waals surface area contributed by atoms with Crippen molar-refractivity contribution in [1.29, 1.82) is 0 Å². The molecule has 0 aromatic carbocycles. The third-order valence-electron chi connectivity index (χ3n) is 2.60. The van der Waals surface area contributed by atoms with Gasteiger partial charge in [0.05, 0.1) is 18.3 Å². The second-order valence-electron chi connectivity index (χ2n) is 4.71. The van der Waals surface area contributed by atoms with Crippen molar-refractivity contribution in [2.45, 2.75) is 39.7 Å². The van der Waals surface area contributed by atoms with Gasteiger partial charge < -0.3 is 14.8 Å². The first-order valence-electron chi connectivity index (χ1n) is 7.12. The first kappa shape index (κ1) is 16.4. The van der Waals surface area contributed by atoms with E-state index in [2.05, 4.69) is 10.3 Å². The molecule has 0 aliphatic heterocycles. The molecule has 0 radical (unpaired) electrons. The highest BCUT2D eigenvalue weighted by Crippen LogP contribution is 2.07. The van der Waals surface area contributed by atoms with Crippen LogP contribution in [-0.4, -0.2) is 36.8 Å². The highest BCUT2D eigenvalue weighted by Gasteiger charge is 2.06. The van der Waals surface area contributed by atoms with Crippen LogP contribution in [0.15, 0.2) is 18.3 Å². The minimum absolute atomic E-state index is 0.292. The number of esters is 1. The zero-order valence-corrected chi connectivity index (χ0v) is 12.5. The molecule has 0 saturated heterocycles. The van der Waals surface area contributed by atoms with Gasteiger partial charge in [0.15, 0.2) is 0 Å². The lowest BCUT2D eigenvalue weighted by Crippen LogP contribution is -2.08. The van der Waals surface area contributed by atoms with Crippen LogP contribution in [0.3, 0.4) is 0 Å². The summed E-state index contributed by atoms with van der Waals surface area (Å²) in [5.41, 5.74) is 0.475. The average molecular weight is 280 g/mol. The largest absolute Gasteiger partial charge is 0.462 e. The smallest absolute Gasteiger partial charge is 0.339 e. The maximum Gasteiger partial charge on any atom is 0.339 e. The van der Waals surface area contributed by atoms with E-state index in [4.69, 9.17) is 9.47 Å². The number of nitrogens with one attached hydrogen (secondary N) is 1. The van der Waals surface area contributed by atoms with E-state index in [1.165, 1.54) is 6.20 Å². The van der Waals surface area contributed by atoms with Gasteiger partial charge in [-0.2, -0.15) is 0 Å². The molecule has 0 bridgehead atoms. The third kappa shape index (κ3) is 6.52. The standard InChI is InChI=1S/C15H24N2O3/c1-4-19-15(18)13-7-8-14(17-11-13)16-9-5-6-10-20-12(2)3/h7-8,11-12H,4-6,9-10H2,1-3H3,(H,16,17). The summed E-state index contributed by atoms with van der Waals surface area (Å²) in [7, 11) is 0. The predicted octanol–water partition coefficient (Wildman–Crippen LogP) is 2.88. The monoisotopic (exact) mass is 280 g/mol. The number of anilines is 1. The number of carbonyl (C=O) groups is 1. The molecule has 0 spiro atoms. The van der Waals surface area contributed by atoms with Crippen LogP contribution in [0.4, 0.5) is 5.82 Å². The topological polar surface area (TPSA) is 60.5 Å². The summed E-state index contributed by atoms with van der Waals surface area (Å²) in [6, 6.07) is 3.51. The number of hydrogen-bond acceptors (Lipinski definition) is 5. The summed E-state index contributed by atoms with van der Waals surface area (Å²) in [5.74, 6) is 0.431. The van der Waals surface area contributed by atoms with E-state index in [1.807, 2.05) is 13.8 Å². The Balaban J connectivity index is 2.23. The lowest BCUT2D eigenvalue weighted by Gasteiger charge is -2.08. The van der Waals surface area contributed by atoms with Gasteiger partial charge in [0.1, 0.15) is 5.82 Å². The molecule has 0 aliphatic rings. The van der Waals surface area contributed by atoms with Gasteiger partial charge in [-0.1, -0.05) is 0 Å².